The van der Waals surface area contributed by atoms with Crippen molar-refractivity contribution < 1.29 is 4.74 Å². The molecule has 5 heteroatoms. The zero-order valence-corrected chi connectivity index (χ0v) is 14.4. The first kappa shape index (κ1) is 17.7. The minimum absolute atomic E-state index is 0.289. The number of rotatable bonds is 9. The van der Waals surface area contributed by atoms with Crippen molar-refractivity contribution in [3.05, 3.63) is 11.4 Å². The van der Waals surface area contributed by atoms with Crippen molar-refractivity contribution in [1.29, 1.82) is 0 Å². The van der Waals surface area contributed by atoms with Gasteiger partial charge in [-0.25, -0.2) is 9.97 Å². The average Bonchev–Trinajstić information content (AvgIpc) is 2.45. The van der Waals surface area contributed by atoms with Crippen molar-refractivity contribution in [3.63, 3.8) is 0 Å². The van der Waals surface area contributed by atoms with Crippen LogP contribution in [0.3, 0.4) is 0 Å². The average molecular weight is 294 g/mol. The van der Waals surface area contributed by atoms with Gasteiger partial charge in [0, 0.05) is 32.2 Å². The molecule has 0 saturated carbocycles. The van der Waals surface area contributed by atoms with Gasteiger partial charge in [-0.1, -0.05) is 6.92 Å². The van der Waals surface area contributed by atoms with E-state index in [2.05, 4.69) is 49.8 Å². The van der Waals surface area contributed by atoms with Gasteiger partial charge in [0.1, 0.15) is 17.5 Å². The van der Waals surface area contributed by atoms with Gasteiger partial charge in [-0.2, -0.15) is 0 Å². The van der Waals surface area contributed by atoms with Crippen molar-refractivity contribution in [1.82, 2.24) is 9.97 Å². The van der Waals surface area contributed by atoms with E-state index in [1.165, 1.54) is 0 Å². The molecule has 21 heavy (non-hydrogen) atoms. The molecule has 1 heterocycles. The van der Waals surface area contributed by atoms with Crippen molar-refractivity contribution in [2.45, 2.75) is 53.5 Å². The minimum atomic E-state index is 0.289. The maximum absolute atomic E-state index is 5.30. The third-order valence-electron chi connectivity index (χ3n) is 3.54. The van der Waals surface area contributed by atoms with Gasteiger partial charge in [-0.3, -0.25) is 0 Å². The summed E-state index contributed by atoms with van der Waals surface area (Å²) in [6.07, 6.45) is 1.95. The molecule has 0 spiro atoms. The van der Waals surface area contributed by atoms with E-state index in [1.807, 2.05) is 0 Å². The summed E-state index contributed by atoms with van der Waals surface area (Å²) in [6.45, 7) is 13.1. The topological polar surface area (TPSA) is 50.3 Å². The molecule has 0 radical (unpaired) electrons. The van der Waals surface area contributed by atoms with Crippen LogP contribution in [0.2, 0.25) is 0 Å². The summed E-state index contributed by atoms with van der Waals surface area (Å²) in [5.74, 6) is 2.89. The van der Waals surface area contributed by atoms with Gasteiger partial charge in [0.05, 0.1) is 12.6 Å². The second kappa shape index (κ2) is 8.82. The van der Waals surface area contributed by atoms with Crippen LogP contribution in [0.15, 0.2) is 0 Å². The smallest absolute Gasteiger partial charge is 0.137 e. The third kappa shape index (κ3) is 4.56. The quantitative estimate of drug-likeness (QED) is 0.758. The first-order chi connectivity index (χ1) is 10.1. The van der Waals surface area contributed by atoms with E-state index in [9.17, 15) is 0 Å². The van der Waals surface area contributed by atoms with Crippen LogP contribution in [0.1, 0.15) is 45.5 Å². The van der Waals surface area contributed by atoms with Crippen LogP contribution in [0.5, 0.6) is 0 Å². The summed E-state index contributed by atoms with van der Waals surface area (Å²) in [6, 6.07) is 0.289. The van der Waals surface area contributed by atoms with E-state index in [0.717, 1.165) is 49.0 Å². The maximum atomic E-state index is 5.30. The van der Waals surface area contributed by atoms with Crippen LogP contribution in [-0.4, -0.2) is 42.8 Å². The minimum Gasteiger partial charge on any atom is -0.383 e. The van der Waals surface area contributed by atoms with Gasteiger partial charge in [0.15, 0.2) is 0 Å². The number of hydrogen-bond donors (Lipinski definition) is 1. The molecule has 1 unspecified atom stereocenters. The lowest BCUT2D eigenvalue weighted by Crippen LogP contribution is -2.37. The molecule has 1 N–H and O–H groups in total. The number of anilines is 2. The van der Waals surface area contributed by atoms with E-state index in [0.29, 0.717) is 6.61 Å². The Kier molecular flexibility index (Phi) is 7.43. The molecular weight excluding hydrogens is 264 g/mol. The maximum Gasteiger partial charge on any atom is 0.137 e. The van der Waals surface area contributed by atoms with Crippen LogP contribution in [0, 0.1) is 6.92 Å². The van der Waals surface area contributed by atoms with Crippen molar-refractivity contribution in [2.24, 2.45) is 0 Å². The highest BCUT2D eigenvalue weighted by Crippen LogP contribution is 2.25. The highest BCUT2D eigenvalue weighted by molar-refractivity contribution is 5.59. The van der Waals surface area contributed by atoms with Crippen LogP contribution >= 0.6 is 0 Å². The summed E-state index contributed by atoms with van der Waals surface area (Å²) in [4.78, 5) is 11.7. The van der Waals surface area contributed by atoms with Gasteiger partial charge in [-0.05, 0) is 34.1 Å². The van der Waals surface area contributed by atoms with Crippen molar-refractivity contribution in [3.8, 4) is 0 Å². The molecule has 0 fully saturated rings. The molecule has 1 aromatic rings. The fourth-order valence-electron chi connectivity index (χ4n) is 2.51. The number of nitrogens with zero attached hydrogens (tertiary/aromatic N) is 3. The fraction of sp³-hybridized carbons (Fsp3) is 0.750. The lowest BCUT2D eigenvalue weighted by atomic mass is 10.2. The van der Waals surface area contributed by atoms with Crippen LogP contribution < -0.4 is 10.2 Å². The number of methoxy groups -OCH3 is 1. The van der Waals surface area contributed by atoms with E-state index in [1.54, 1.807) is 7.11 Å². The highest BCUT2D eigenvalue weighted by Gasteiger charge is 2.19. The predicted molar refractivity (Wildman–Crippen MR) is 89.3 cm³/mol. The largest absolute Gasteiger partial charge is 0.383 e. The van der Waals surface area contributed by atoms with E-state index in [4.69, 9.17) is 9.72 Å². The van der Waals surface area contributed by atoms with Gasteiger partial charge in [0.25, 0.3) is 0 Å². The summed E-state index contributed by atoms with van der Waals surface area (Å²) in [7, 11) is 1.74. The normalized spacial score (nSPS) is 12.3. The number of likely N-dealkylation sites (N-methyl/N-ethyl adjacent to an activating group) is 1. The molecule has 0 amide bonds. The van der Waals surface area contributed by atoms with Gasteiger partial charge >= 0.3 is 0 Å². The Labute approximate surface area is 129 Å². The van der Waals surface area contributed by atoms with Crippen LogP contribution in [0.4, 0.5) is 11.6 Å². The molecule has 5 nitrogen and oxygen atoms in total. The molecule has 0 saturated heterocycles. The zero-order valence-electron chi connectivity index (χ0n) is 14.4. The van der Waals surface area contributed by atoms with Crippen molar-refractivity contribution in [2.75, 3.05) is 37.0 Å². The van der Waals surface area contributed by atoms with E-state index >= 15 is 0 Å². The van der Waals surface area contributed by atoms with Gasteiger partial charge in [0.2, 0.25) is 0 Å². The summed E-state index contributed by atoms with van der Waals surface area (Å²) in [5, 5.41) is 3.36. The van der Waals surface area contributed by atoms with Gasteiger partial charge in [-0.15, -0.1) is 0 Å². The summed E-state index contributed by atoms with van der Waals surface area (Å²) >= 11 is 0. The third-order valence-corrected chi connectivity index (χ3v) is 3.54. The second-order valence-corrected chi connectivity index (χ2v) is 5.31. The van der Waals surface area contributed by atoms with Gasteiger partial charge < -0.3 is 15.0 Å². The molecular formula is C16H30N4O. The molecule has 0 aliphatic heterocycles. The van der Waals surface area contributed by atoms with E-state index in [-0.39, 0.29) is 6.04 Å². The first-order valence-electron chi connectivity index (χ1n) is 7.95. The second-order valence-electron chi connectivity index (χ2n) is 5.31. The van der Waals surface area contributed by atoms with E-state index < -0.39 is 0 Å². The molecule has 0 aliphatic rings. The predicted octanol–water partition coefficient (Wildman–Crippen LogP) is 3.03. The molecule has 1 rings (SSSR count). The Morgan fingerprint density at radius 1 is 1.24 bits per heavy atom. The number of ether oxygens (including phenoxy) is 1. The zero-order chi connectivity index (χ0) is 15.8. The first-order valence-corrected chi connectivity index (χ1v) is 7.95. The fourth-order valence-corrected chi connectivity index (χ4v) is 2.51. The number of hydrogen-bond acceptors (Lipinski definition) is 5. The summed E-state index contributed by atoms with van der Waals surface area (Å²) < 4.78 is 5.30. The molecule has 0 aliphatic carbocycles. The molecule has 120 valence electrons. The Morgan fingerprint density at radius 3 is 2.48 bits per heavy atom. The highest BCUT2D eigenvalue weighted by atomic mass is 16.5. The molecule has 1 aromatic heterocycles. The Bertz CT molecular complexity index is 437. The monoisotopic (exact) mass is 294 g/mol. The molecule has 0 aromatic carbocycles. The standard InChI is InChI=1S/C16H30N4O/c1-7-10-14-18-15(17-8-2)13(5)16(19-14)20(9-3)12(4)11-21-6/h12H,7-11H2,1-6H3,(H,17,18,19). The Morgan fingerprint density at radius 2 is 1.95 bits per heavy atom. The SMILES string of the molecule is CCCc1nc(NCC)c(C)c(N(CC)C(C)COC)n1. The van der Waals surface area contributed by atoms with Crippen LogP contribution in [0.25, 0.3) is 0 Å². The molecule has 0 bridgehead atoms. The summed E-state index contributed by atoms with van der Waals surface area (Å²) in [5.41, 5.74) is 1.11. The Balaban J connectivity index is 3.23. The lowest BCUT2D eigenvalue weighted by molar-refractivity contribution is 0.181. The lowest BCUT2D eigenvalue weighted by Gasteiger charge is -2.30. The number of aryl methyl sites for hydroxylation is 1. The number of aromatic nitrogens is 2. The van der Waals surface area contributed by atoms with Crippen molar-refractivity contribution >= 4 is 11.6 Å². The molecule has 1 atom stereocenters. The van der Waals surface area contributed by atoms with Crippen LogP contribution in [-0.2, 0) is 11.2 Å². The Hall–Kier alpha value is -1.36. The number of nitrogens with one attached hydrogen (secondary N) is 1.